The molecule has 8 heteroatoms. The first-order valence-electron chi connectivity index (χ1n) is 5.57. The fourth-order valence-electron chi connectivity index (χ4n) is 2.02. The Morgan fingerprint density at radius 3 is 2.53 bits per heavy atom. The number of nitrogens with one attached hydrogen (secondary N) is 1. The van der Waals surface area contributed by atoms with Crippen molar-refractivity contribution in [2.75, 3.05) is 5.32 Å². The molecule has 0 aliphatic heterocycles. The van der Waals surface area contributed by atoms with Crippen molar-refractivity contribution in [2.24, 2.45) is 0 Å². The van der Waals surface area contributed by atoms with E-state index in [-0.39, 0.29) is 23.3 Å². The number of rotatable bonds is 2. The van der Waals surface area contributed by atoms with Crippen LogP contribution in [0.5, 0.6) is 0 Å². The van der Waals surface area contributed by atoms with Gasteiger partial charge in [-0.3, -0.25) is 0 Å². The molecule has 0 amide bonds. The fourth-order valence-corrected chi connectivity index (χ4v) is 2.46. The van der Waals surface area contributed by atoms with Crippen molar-refractivity contribution in [1.82, 2.24) is 4.98 Å². The van der Waals surface area contributed by atoms with Crippen LogP contribution in [0.2, 0.25) is 0 Å². The number of alkyl halides is 5. The summed E-state index contributed by atoms with van der Waals surface area (Å²) in [5.41, 5.74) is -0.932. The maximum Gasteiger partial charge on any atom is 0.416 e. The van der Waals surface area contributed by atoms with Crippen LogP contribution in [-0.4, -0.2) is 16.9 Å². The molecule has 1 atom stereocenters. The first kappa shape index (κ1) is 14.5. The van der Waals surface area contributed by atoms with Gasteiger partial charge in [-0.05, 0) is 40.9 Å². The van der Waals surface area contributed by atoms with Gasteiger partial charge in [0.1, 0.15) is 10.4 Å². The third kappa shape index (κ3) is 3.34. The second kappa shape index (κ2) is 4.88. The van der Waals surface area contributed by atoms with E-state index in [1.807, 2.05) is 0 Å². The lowest BCUT2D eigenvalue weighted by Gasteiger charge is -2.21. The molecular weight excluding hydrogens is 335 g/mol. The Morgan fingerprint density at radius 1 is 1.32 bits per heavy atom. The lowest BCUT2D eigenvalue weighted by molar-refractivity contribution is -0.137. The minimum absolute atomic E-state index is 0.0499. The summed E-state index contributed by atoms with van der Waals surface area (Å²) in [5, 5.41) is 2.39. The molecule has 1 aromatic rings. The molecule has 1 heterocycles. The summed E-state index contributed by atoms with van der Waals surface area (Å²) in [6.45, 7) is 0. The molecule has 1 saturated carbocycles. The van der Waals surface area contributed by atoms with E-state index < -0.39 is 23.7 Å². The Hall–Kier alpha value is -0.920. The summed E-state index contributed by atoms with van der Waals surface area (Å²) in [4.78, 5) is 3.75. The Labute approximate surface area is 114 Å². The molecule has 1 unspecified atom stereocenters. The topological polar surface area (TPSA) is 24.9 Å². The molecular formula is C11H10BrF5N2. The van der Waals surface area contributed by atoms with E-state index >= 15 is 0 Å². The van der Waals surface area contributed by atoms with Gasteiger partial charge in [-0.15, -0.1) is 0 Å². The van der Waals surface area contributed by atoms with Crippen molar-refractivity contribution < 1.29 is 22.0 Å². The largest absolute Gasteiger partial charge is 0.416 e. The standard InChI is InChI=1S/C11H10BrF5N2/c12-8-4-6(11(15,16)17)5-9(19-8)18-7-2-1-3-10(7,13)14/h4-5,7H,1-3H2,(H,18,19). The van der Waals surface area contributed by atoms with Crippen LogP contribution >= 0.6 is 15.9 Å². The number of nitrogens with zero attached hydrogens (tertiary/aromatic N) is 1. The predicted octanol–water partition coefficient (Wildman–Crippen LogP) is 4.46. The van der Waals surface area contributed by atoms with E-state index in [1.165, 1.54) is 0 Å². The Morgan fingerprint density at radius 2 is 2.00 bits per heavy atom. The zero-order valence-electron chi connectivity index (χ0n) is 9.57. The van der Waals surface area contributed by atoms with Crippen molar-refractivity contribution in [3.63, 3.8) is 0 Å². The molecule has 1 aliphatic rings. The lowest BCUT2D eigenvalue weighted by Crippen LogP contribution is -2.34. The monoisotopic (exact) mass is 344 g/mol. The summed E-state index contributed by atoms with van der Waals surface area (Å²) in [7, 11) is 0. The van der Waals surface area contributed by atoms with Crippen LogP contribution in [-0.2, 0) is 6.18 Å². The summed E-state index contributed by atoms with van der Waals surface area (Å²) in [6, 6.07) is 0.368. The molecule has 0 spiro atoms. The number of anilines is 1. The van der Waals surface area contributed by atoms with E-state index in [0.29, 0.717) is 6.42 Å². The minimum Gasteiger partial charge on any atom is -0.361 e. The summed E-state index contributed by atoms with van der Waals surface area (Å²) in [6.07, 6.45) is -4.25. The van der Waals surface area contributed by atoms with Crippen molar-refractivity contribution in [3.8, 4) is 0 Å². The molecule has 1 aliphatic carbocycles. The van der Waals surface area contributed by atoms with Crippen molar-refractivity contribution >= 4 is 21.7 Å². The van der Waals surface area contributed by atoms with Crippen LogP contribution in [0.15, 0.2) is 16.7 Å². The highest BCUT2D eigenvalue weighted by Crippen LogP contribution is 2.38. The maximum atomic E-state index is 13.4. The summed E-state index contributed by atoms with van der Waals surface area (Å²) >= 11 is 2.84. The molecule has 2 nitrogen and oxygen atoms in total. The Kier molecular flexibility index (Phi) is 3.72. The van der Waals surface area contributed by atoms with Gasteiger partial charge in [0, 0.05) is 6.42 Å². The predicted molar refractivity (Wildman–Crippen MR) is 63.1 cm³/mol. The zero-order chi connectivity index (χ0) is 14.3. The molecule has 0 aromatic carbocycles. The number of halogens is 6. The second-order valence-corrected chi connectivity index (χ2v) is 5.22. The van der Waals surface area contributed by atoms with Gasteiger partial charge in [0.2, 0.25) is 0 Å². The van der Waals surface area contributed by atoms with Crippen LogP contribution in [0.3, 0.4) is 0 Å². The fraction of sp³-hybridized carbons (Fsp3) is 0.545. The third-order valence-electron chi connectivity index (χ3n) is 2.96. The molecule has 1 fully saturated rings. The molecule has 1 aromatic heterocycles. The van der Waals surface area contributed by atoms with E-state index in [9.17, 15) is 22.0 Å². The highest BCUT2D eigenvalue weighted by atomic mass is 79.9. The van der Waals surface area contributed by atoms with E-state index in [1.54, 1.807) is 0 Å². The normalized spacial score (nSPS) is 22.5. The number of hydrogen-bond acceptors (Lipinski definition) is 2. The average Bonchev–Trinajstić information content (AvgIpc) is 2.56. The van der Waals surface area contributed by atoms with E-state index in [2.05, 4.69) is 26.2 Å². The molecule has 0 saturated heterocycles. The van der Waals surface area contributed by atoms with Crippen molar-refractivity contribution in [2.45, 2.75) is 37.4 Å². The van der Waals surface area contributed by atoms with E-state index in [0.717, 1.165) is 12.1 Å². The third-order valence-corrected chi connectivity index (χ3v) is 3.36. The van der Waals surface area contributed by atoms with Crippen LogP contribution < -0.4 is 5.32 Å². The number of pyridine rings is 1. The molecule has 1 N–H and O–H groups in total. The zero-order valence-corrected chi connectivity index (χ0v) is 11.2. The van der Waals surface area contributed by atoms with Crippen LogP contribution in [0.1, 0.15) is 24.8 Å². The first-order chi connectivity index (χ1) is 8.68. The Balaban J connectivity index is 2.24. The van der Waals surface area contributed by atoms with Gasteiger partial charge in [-0.2, -0.15) is 13.2 Å². The van der Waals surface area contributed by atoms with Crippen LogP contribution in [0.25, 0.3) is 0 Å². The average molecular weight is 345 g/mol. The first-order valence-corrected chi connectivity index (χ1v) is 6.37. The highest BCUT2D eigenvalue weighted by molar-refractivity contribution is 9.10. The van der Waals surface area contributed by atoms with Crippen molar-refractivity contribution in [3.05, 3.63) is 22.3 Å². The SMILES string of the molecule is FC(F)(F)c1cc(Br)nc(NC2CCCC2(F)F)c1. The molecule has 0 bridgehead atoms. The van der Waals surface area contributed by atoms with Gasteiger partial charge in [0.25, 0.3) is 5.92 Å². The van der Waals surface area contributed by atoms with Gasteiger partial charge in [-0.25, -0.2) is 13.8 Å². The van der Waals surface area contributed by atoms with Gasteiger partial charge in [0.05, 0.1) is 11.6 Å². The van der Waals surface area contributed by atoms with Gasteiger partial charge in [-0.1, -0.05) is 0 Å². The number of aromatic nitrogens is 1. The lowest BCUT2D eigenvalue weighted by atomic mass is 10.2. The van der Waals surface area contributed by atoms with E-state index in [4.69, 9.17) is 0 Å². The molecule has 19 heavy (non-hydrogen) atoms. The summed E-state index contributed by atoms with van der Waals surface area (Å²) in [5.74, 6) is -3.11. The number of hydrogen-bond donors (Lipinski definition) is 1. The second-order valence-electron chi connectivity index (χ2n) is 4.41. The van der Waals surface area contributed by atoms with Crippen LogP contribution in [0, 0.1) is 0 Å². The molecule has 0 radical (unpaired) electrons. The smallest absolute Gasteiger partial charge is 0.361 e. The maximum absolute atomic E-state index is 13.4. The minimum atomic E-state index is -4.54. The highest BCUT2D eigenvalue weighted by Gasteiger charge is 2.44. The molecule has 106 valence electrons. The van der Waals surface area contributed by atoms with Gasteiger partial charge >= 0.3 is 6.18 Å². The molecule has 2 rings (SSSR count). The van der Waals surface area contributed by atoms with Crippen LogP contribution in [0.4, 0.5) is 27.8 Å². The summed E-state index contributed by atoms with van der Waals surface area (Å²) < 4.78 is 64.5. The van der Waals surface area contributed by atoms with Crippen molar-refractivity contribution in [1.29, 1.82) is 0 Å². The van der Waals surface area contributed by atoms with Gasteiger partial charge in [0.15, 0.2) is 0 Å². The quantitative estimate of drug-likeness (QED) is 0.632. The van der Waals surface area contributed by atoms with Gasteiger partial charge < -0.3 is 5.32 Å². The Bertz CT molecular complexity index is 475.